The molecule has 0 aromatic carbocycles. The van der Waals surface area contributed by atoms with Gasteiger partial charge in [-0.3, -0.25) is 9.59 Å². The van der Waals surface area contributed by atoms with Gasteiger partial charge in [0.2, 0.25) is 21.8 Å². The Morgan fingerprint density at radius 2 is 1.72 bits per heavy atom. The molecule has 32 heavy (non-hydrogen) atoms. The summed E-state index contributed by atoms with van der Waals surface area (Å²) in [7, 11) is -2.48. The minimum atomic E-state index is -3.94. The van der Waals surface area contributed by atoms with Crippen molar-refractivity contribution in [1.29, 1.82) is 0 Å². The SMILES string of the molecule is COC1=CC2CC2C=C1S(=O)(=O)NC(C)(C)C(=O)NC1C2CC3CC1CC(C(N)=O)(C3)C2. The molecule has 4 unspecified atom stereocenters. The number of hydrogen-bond donors (Lipinski definition) is 3. The van der Waals surface area contributed by atoms with E-state index < -0.39 is 21.0 Å². The number of nitrogens with two attached hydrogens (primary N) is 1. The van der Waals surface area contributed by atoms with Crippen LogP contribution in [-0.4, -0.2) is 38.9 Å². The van der Waals surface area contributed by atoms with Gasteiger partial charge in [-0.05, 0) is 88.0 Å². The lowest BCUT2D eigenvalue weighted by atomic mass is 9.47. The van der Waals surface area contributed by atoms with Crippen LogP contribution < -0.4 is 15.8 Å². The number of carbonyl (C=O) groups is 2. The highest BCUT2D eigenvalue weighted by molar-refractivity contribution is 7.93. The van der Waals surface area contributed by atoms with Crippen molar-refractivity contribution in [1.82, 2.24) is 10.0 Å². The van der Waals surface area contributed by atoms with Gasteiger partial charge in [-0.25, -0.2) is 8.42 Å². The Hall–Kier alpha value is -1.87. The average molecular weight is 464 g/mol. The van der Waals surface area contributed by atoms with Gasteiger partial charge in [0.15, 0.2) is 0 Å². The Labute approximate surface area is 189 Å². The predicted octanol–water partition coefficient (Wildman–Crippen LogP) is 1.54. The molecule has 5 fully saturated rings. The van der Waals surface area contributed by atoms with Crippen LogP contribution in [0, 0.1) is 35.0 Å². The molecule has 4 N–H and O–H groups in total. The average Bonchev–Trinajstić information content (AvgIpc) is 3.46. The summed E-state index contributed by atoms with van der Waals surface area (Å²) in [4.78, 5) is 25.5. The molecule has 4 bridgehead atoms. The molecule has 0 saturated heterocycles. The number of rotatable bonds is 7. The van der Waals surface area contributed by atoms with Crippen molar-refractivity contribution in [2.45, 2.75) is 64.0 Å². The third kappa shape index (κ3) is 3.48. The second-order valence-corrected chi connectivity index (χ2v) is 12.8. The second-order valence-electron chi connectivity index (χ2n) is 11.2. The molecule has 176 valence electrons. The Balaban J connectivity index is 1.30. The van der Waals surface area contributed by atoms with Gasteiger partial charge in [0, 0.05) is 11.5 Å². The first-order chi connectivity index (χ1) is 14.9. The Kier molecular flexibility index (Phi) is 4.84. The zero-order valence-corrected chi connectivity index (χ0v) is 19.7. The van der Waals surface area contributed by atoms with E-state index in [4.69, 9.17) is 10.5 Å². The first kappa shape index (κ1) is 21.9. The lowest BCUT2D eigenvalue weighted by Gasteiger charge is -2.59. The Bertz CT molecular complexity index is 1010. The summed E-state index contributed by atoms with van der Waals surface area (Å²) in [6.07, 6.45) is 8.78. The van der Waals surface area contributed by atoms with Gasteiger partial charge in [-0.15, -0.1) is 0 Å². The minimum Gasteiger partial charge on any atom is -0.496 e. The molecule has 6 aliphatic rings. The minimum absolute atomic E-state index is 0.0501. The lowest BCUT2D eigenvalue weighted by Crippen LogP contribution is -2.65. The van der Waals surface area contributed by atoms with Gasteiger partial charge in [0.1, 0.15) is 16.2 Å². The molecule has 0 aromatic heterocycles. The summed E-state index contributed by atoms with van der Waals surface area (Å²) in [5.41, 5.74) is 4.00. The van der Waals surface area contributed by atoms with E-state index in [9.17, 15) is 18.0 Å². The molecule has 0 radical (unpaired) electrons. The third-order valence-electron chi connectivity index (χ3n) is 8.43. The van der Waals surface area contributed by atoms with Crippen LogP contribution in [0.5, 0.6) is 0 Å². The van der Waals surface area contributed by atoms with E-state index in [2.05, 4.69) is 10.0 Å². The van der Waals surface area contributed by atoms with E-state index in [1.54, 1.807) is 19.9 Å². The van der Waals surface area contributed by atoms with E-state index in [0.717, 1.165) is 25.7 Å². The number of nitrogens with one attached hydrogen (secondary N) is 2. The molecule has 8 nitrogen and oxygen atoms in total. The number of ether oxygens (including phenoxy) is 1. The van der Waals surface area contributed by atoms with E-state index >= 15 is 0 Å². The number of methoxy groups -OCH3 is 1. The summed E-state index contributed by atoms with van der Waals surface area (Å²) in [6, 6.07) is -0.0501. The van der Waals surface area contributed by atoms with Gasteiger partial charge >= 0.3 is 0 Å². The molecule has 6 aliphatic carbocycles. The largest absolute Gasteiger partial charge is 0.496 e. The maximum Gasteiger partial charge on any atom is 0.244 e. The number of sulfonamides is 1. The monoisotopic (exact) mass is 463 g/mol. The van der Waals surface area contributed by atoms with Crippen molar-refractivity contribution in [2.24, 2.45) is 40.7 Å². The third-order valence-corrected chi connectivity index (χ3v) is 10.1. The van der Waals surface area contributed by atoms with Gasteiger partial charge in [0.05, 0.1) is 7.11 Å². The standard InChI is InChI=1S/C23H33N3O5S/c1-22(2,26-32(29,30)18-8-14-6-13(14)7-17(18)31-3)21(28)25-19-15-4-12-5-16(19)11-23(9-12,10-15)20(24)27/h7-8,12-16,19,26H,4-6,9-11H2,1-3H3,(H2,24,27)(H,25,28). The highest BCUT2D eigenvalue weighted by Gasteiger charge is 2.58. The van der Waals surface area contributed by atoms with Crippen LogP contribution in [0.1, 0.15) is 52.4 Å². The van der Waals surface area contributed by atoms with Crippen LogP contribution >= 0.6 is 0 Å². The van der Waals surface area contributed by atoms with Gasteiger partial charge in [-0.2, -0.15) is 4.72 Å². The first-order valence-electron chi connectivity index (χ1n) is 11.6. The molecule has 0 aromatic rings. The molecule has 9 heteroatoms. The number of carbonyl (C=O) groups excluding carboxylic acids is 2. The van der Waals surface area contributed by atoms with Crippen LogP contribution in [0.25, 0.3) is 0 Å². The van der Waals surface area contributed by atoms with Crippen molar-refractivity contribution in [3.8, 4) is 0 Å². The summed E-state index contributed by atoms with van der Waals surface area (Å²) in [5, 5.41) is 3.14. The molecule has 4 atom stereocenters. The molecular weight excluding hydrogens is 430 g/mol. The first-order valence-corrected chi connectivity index (χ1v) is 13.1. The predicted molar refractivity (Wildman–Crippen MR) is 118 cm³/mol. The topological polar surface area (TPSA) is 128 Å². The van der Waals surface area contributed by atoms with Crippen molar-refractivity contribution in [3.05, 3.63) is 22.8 Å². The molecule has 0 aliphatic heterocycles. The Morgan fingerprint density at radius 1 is 1.09 bits per heavy atom. The molecule has 0 heterocycles. The van der Waals surface area contributed by atoms with Crippen molar-refractivity contribution < 1.29 is 22.7 Å². The number of amides is 2. The maximum atomic E-state index is 13.3. The molecule has 6 rings (SSSR count). The summed E-state index contributed by atoms with van der Waals surface area (Å²) >= 11 is 0. The smallest absolute Gasteiger partial charge is 0.244 e. The van der Waals surface area contributed by atoms with E-state index in [1.165, 1.54) is 7.11 Å². The highest BCUT2D eigenvalue weighted by atomic mass is 32.2. The van der Waals surface area contributed by atoms with Crippen LogP contribution in [0.15, 0.2) is 22.8 Å². The summed E-state index contributed by atoms with van der Waals surface area (Å²) in [5.74, 6) is 1.25. The summed E-state index contributed by atoms with van der Waals surface area (Å²) in [6.45, 7) is 3.17. The Morgan fingerprint density at radius 3 is 2.31 bits per heavy atom. The molecule has 5 saturated carbocycles. The van der Waals surface area contributed by atoms with Gasteiger partial charge in [-0.1, -0.05) is 6.08 Å². The van der Waals surface area contributed by atoms with Crippen LogP contribution in [0.3, 0.4) is 0 Å². The fraction of sp³-hybridized carbons (Fsp3) is 0.739. The summed E-state index contributed by atoms with van der Waals surface area (Å²) < 4.78 is 34.2. The normalized spacial score (nSPS) is 39.6. The molecule has 2 amide bonds. The zero-order chi connectivity index (χ0) is 23.1. The van der Waals surface area contributed by atoms with E-state index in [-0.39, 0.29) is 40.5 Å². The fourth-order valence-corrected chi connectivity index (χ4v) is 8.54. The zero-order valence-electron chi connectivity index (χ0n) is 18.9. The number of hydrogen-bond acceptors (Lipinski definition) is 5. The maximum absolute atomic E-state index is 13.3. The van der Waals surface area contributed by atoms with Gasteiger partial charge in [0.25, 0.3) is 0 Å². The van der Waals surface area contributed by atoms with Crippen LogP contribution in [0.2, 0.25) is 0 Å². The molecular formula is C23H33N3O5S. The lowest BCUT2D eigenvalue weighted by molar-refractivity contribution is -0.148. The second kappa shape index (κ2) is 7.06. The van der Waals surface area contributed by atoms with Crippen molar-refractivity contribution >= 4 is 21.8 Å². The van der Waals surface area contributed by atoms with Crippen LogP contribution in [-0.2, 0) is 24.3 Å². The quantitative estimate of drug-likeness (QED) is 0.528. The number of allylic oxidation sites excluding steroid dienone is 2. The molecule has 0 spiro atoms. The number of fused-ring (bicyclic) bond motifs is 1. The van der Waals surface area contributed by atoms with Crippen LogP contribution in [0.4, 0.5) is 0 Å². The fourth-order valence-electron chi connectivity index (χ4n) is 6.89. The van der Waals surface area contributed by atoms with Gasteiger partial charge < -0.3 is 15.8 Å². The van der Waals surface area contributed by atoms with Crippen molar-refractivity contribution in [3.63, 3.8) is 0 Å². The number of primary amides is 1. The highest BCUT2D eigenvalue weighted by Crippen LogP contribution is 2.60. The van der Waals surface area contributed by atoms with E-state index in [0.29, 0.717) is 30.4 Å². The van der Waals surface area contributed by atoms with Crippen molar-refractivity contribution in [2.75, 3.05) is 7.11 Å². The van der Waals surface area contributed by atoms with E-state index in [1.807, 2.05) is 6.08 Å².